The molecular weight excluding hydrogens is 366 g/mol. The zero-order valence-corrected chi connectivity index (χ0v) is 15.6. The first-order valence-corrected chi connectivity index (χ1v) is 9.46. The number of aryl methyl sites for hydroxylation is 1. The van der Waals surface area contributed by atoms with Crippen molar-refractivity contribution in [2.75, 3.05) is 13.2 Å². The average molecular weight is 385 g/mol. The molecule has 0 aliphatic carbocycles. The number of nitrogens with zero attached hydrogens (tertiary/aromatic N) is 2. The summed E-state index contributed by atoms with van der Waals surface area (Å²) < 4.78 is 7.18. The summed E-state index contributed by atoms with van der Waals surface area (Å²) in [4.78, 5) is 25.5. The van der Waals surface area contributed by atoms with Crippen LogP contribution in [0.25, 0.3) is 15.9 Å². The molecule has 3 heterocycles. The van der Waals surface area contributed by atoms with E-state index in [9.17, 15) is 14.7 Å². The first-order valence-electron chi connectivity index (χ1n) is 8.64. The van der Waals surface area contributed by atoms with Gasteiger partial charge in [0, 0.05) is 12.0 Å². The van der Waals surface area contributed by atoms with Gasteiger partial charge in [0.1, 0.15) is 4.83 Å². The van der Waals surface area contributed by atoms with Gasteiger partial charge in [-0.3, -0.25) is 9.59 Å². The van der Waals surface area contributed by atoms with Crippen molar-refractivity contribution in [3.05, 3.63) is 47.0 Å². The molecule has 140 valence electrons. The van der Waals surface area contributed by atoms with E-state index >= 15 is 0 Å². The van der Waals surface area contributed by atoms with Crippen molar-refractivity contribution in [3.63, 3.8) is 0 Å². The highest BCUT2D eigenvalue weighted by Gasteiger charge is 2.39. The molecular formula is C19H19N3O4S. The minimum Gasteiger partial charge on any atom is -0.481 e. The number of aromatic nitrogens is 2. The van der Waals surface area contributed by atoms with Gasteiger partial charge in [-0.05, 0) is 31.5 Å². The number of carbonyl (C=O) groups excluding carboxylic acids is 1. The predicted molar refractivity (Wildman–Crippen MR) is 102 cm³/mol. The normalized spacial score (nSPS) is 19.4. The van der Waals surface area contributed by atoms with Gasteiger partial charge in [0.2, 0.25) is 0 Å². The summed E-state index contributed by atoms with van der Waals surface area (Å²) in [6.45, 7) is 2.57. The smallest absolute Gasteiger partial charge is 0.305 e. The van der Waals surface area contributed by atoms with E-state index in [2.05, 4.69) is 10.4 Å². The number of amides is 1. The Morgan fingerprint density at radius 2 is 2.15 bits per heavy atom. The number of hydrogen-bond donors (Lipinski definition) is 2. The summed E-state index contributed by atoms with van der Waals surface area (Å²) in [7, 11) is 0. The van der Waals surface area contributed by atoms with E-state index < -0.39 is 11.5 Å². The van der Waals surface area contributed by atoms with E-state index in [0.717, 1.165) is 21.6 Å². The summed E-state index contributed by atoms with van der Waals surface area (Å²) >= 11 is 1.35. The molecule has 1 saturated heterocycles. The Morgan fingerprint density at radius 3 is 2.81 bits per heavy atom. The van der Waals surface area contributed by atoms with Crippen molar-refractivity contribution < 1.29 is 19.4 Å². The molecule has 4 rings (SSSR count). The number of rotatable bonds is 5. The number of carboxylic acid groups (broad SMARTS) is 1. The van der Waals surface area contributed by atoms with Gasteiger partial charge in [-0.2, -0.15) is 5.10 Å². The zero-order chi connectivity index (χ0) is 19.0. The molecule has 1 amide bonds. The van der Waals surface area contributed by atoms with Crippen molar-refractivity contribution in [1.82, 2.24) is 15.1 Å². The van der Waals surface area contributed by atoms with Gasteiger partial charge in [0.15, 0.2) is 0 Å². The maximum atomic E-state index is 12.8. The van der Waals surface area contributed by atoms with Crippen molar-refractivity contribution in [1.29, 1.82) is 0 Å². The number of carbonyl (C=O) groups is 2. The molecule has 2 N–H and O–H groups in total. The van der Waals surface area contributed by atoms with Gasteiger partial charge in [-0.25, -0.2) is 4.68 Å². The molecule has 1 unspecified atom stereocenters. The number of benzene rings is 1. The van der Waals surface area contributed by atoms with Crippen molar-refractivity contribution >= 4 is 33.4 Å². The molecule has 1 aromatic carbocycles. The standard InChI is InChI=1S/C19H19N3O4S/c1-12-14-9-15(17(25)20-19(10-16(23)24)7-8-26-11-19)27-18(14)22(21-12)13-5-3-2-4-6-13/h2-6,9H,7-8,10-11H2,1H3,(H,20,25)(H,23,24). The highest BCUT2D eigenvalue weighted by atomic mass is 32.1. The van der Waals surface area contributed by atoms with Crippen LogP contribution in [0.3, 0.4) is 0 Å². The van der Waals surface area contributed by atoms with Crippen molar-refractivity contribution in [2.24, 2.45) is 0 Å². The zero-order valence-electron chi connectivity index (χ0n) is 14.8. The highest BCUT2D eigenvalue weighted by Crippen LogP contribution is 2.31. The van der Waals surface area contributed by atoms with Gasteiger partial charge in [0.05, 0.1) is 34.8 Å². The van der Waals surface area contributed by atoms with Crippen molar-refractivity contribution in [2.45, 2.75) is 25.3 Å². The second kappa shape index (κ2) is 6.79. The quantitative estimate of drug-likeness (QED) is 0.704. The SMILES string of the molecule is Cc1nn(-c2ccccc2)c2sc(C(=O)NC3(CC(=O)O)CCOC3)cc12. The second-order valence-corrected chi connectivity index (χ2v) is 7.80. The lowest BCUT2D eigenvalue weighted by atomic mass is 9.94. The largest absolute Gasteiger partial charge is 0.481 e. The van der Waals surface area contributed by atoms with Crippen LogP contribution in [-0.4, -0.2) is 45.5 Å². The number of hydrogen-bond acceptors (Lipinski definition) is 5. The van der Waals surface area contributed by atoms with E-state index in [4.69, 9.17) is 4.74 Å². The summed E-state index contributed by atoms with van der Waals surface area (Å²) in [5.41, 5.74) is 0.920. The molecule has 8 heteroatoms. The molecule has 1 atom stereocenters. The van der Waals surface area contributed by atoms with Crippen LogP contribution in [0.15, 0.2) is 36.4 Å². The van der Waals surface area contributed by atoms with Crippen LogP contribution >= 0.6 is 11.3 Å². The van der Waals surface area contributed by atoms with Gasteiger partial charge < -0.3 is 15.2 Å². The summed E-state index contributed by atoms with van der Waals surface area (Å²) in [5, 5.41) is 17.6. The summed E-state index contributed by atoms with van der Waals surface area (Å²) in [5.74, 6) is -1.23. The Labute approximate surface area is 159 Å². The van der Waals surface area contributed by atoms with Crippen LogP contribution in [0.5, 0.6) is 0 Å². The number of thiophene rings is 1. The number of aliphatic carboxylic acids is 1. The lowest BCUT2D eigenvalue weighted by Crippen LogP contribution is -2.50. The third kappa shape index (κ3) is 3.33. The number of nitrogens with one attached hydrogen (secondary N) is 1. The summed E-state index contributed by atoms with van der Waals surface area (Å²) in [6, 6.07) is 11.6. The van der Waals surface area contributed by atoms with Gasteiger partial charge in [-0.1, -0.05) is 18.2 Å². The minimum atomic E-state index is -0.951. The van der Waals surface area contributed by atoms with Crippen LogP contribution in [0.4, 0.5) is 0 Å². The molecule has 1 aliphatic rings. The molecule has 0 radical (unpaired) electrons. The van der Waals surface area contributed by atoms with Crippen LogP contribution in [0.1, 0.15) is 28.2 Å². The molecule has 1 aliphatic heterocycles. The lowest BCUT2D eigenvalue weighted by molar-refractivity contribution is -0.138. The van der Waals surface area contributed by atoms with Crippen molar-refractivity contribution in [3.8, 4) is 5.69 Å². The average Bonchev–Trinajstić information content (AvgIpc) is 3.32. The maximum absolute atomic E-state index is 12.8. The molecule has 1 fully saturated rings. The van der Waals surface area contributed by atoms with E-state index in [-0.39, 0.29) is 18.9 Å². The predicted octanol–water partition coefficient (Wildman–Crippen LogP) is 2.76. The molecule has 2 aromatic heterocycles. The minimum absolute atomic E-state index is 0.152. The number of para-hydroxylation sites is 1. The maximum Gasteiger partial charge on any atom is 0.305 e. The highest BCUT2D eigenvalue weighted by molar-refractivity contribution is 7.20. The molecule has 0 saturated carbocycles. The number of carboxylic acids is 1. The Bertz CT molecular complexity index is 1000. The first kappa shape index (κ1) is 17.7. The number of fused-ring (bicyclic) bond motifs is 1. The lowest BCUT2D eigenvalue weighted by Gasteiger charge is -2.26. The fraction of sp³-hybridized carbons (Fsp3) is 0.316. The Hall–Kier alpha value is -2.71. The van der Waals surface area contributed by atoms with Gasteiger partial charge in [-0.15, -0.1) is 11.3 Å². The first-order chi connectivity index (χ1) is 13.0. The monoisotopic (exact) mass is 385 g/mol. The van der Waals surface area contributed by atoms with E-state index in [1.54, 1.807) is 0 Å². The van der Waals surface area contributed by atoms with Gasteiger partial charge in [0.25, 0.3) is 5.91 Å². The molecule has 27 heavy (non-hydrogen) atoms. The third-order valence-corrected chi connectivity index (χ3v) is 5.85. The summed E-state index contributed by atoms with van der Waals surface area (Å²) in [6.07, 6.45) is 0.340. The van der Waals surface area contributed by atoms with E-state index in [1.807, 2.05) is 48.0 Å². The Morgan fingerprint density at radius 1 is 1.37 bits per heavy atom. The van der Waals surface area contributed by atoms with Crippen LogP contribution in [0, 0.1) is 6.92 Å². The molecule has 3 aromatic rings. The van der Waals surface area contributed by atoms with Gasteiger partial charge >= 0.3 is 5.97 Å². The van der Waals surface area contributed by atoms with Crippen LogP contribution < -0.4 is 5.32 Å². The van der Waals surface area contributed by atoms with E-state index in [0.29, 0.717) is 17.9 Å². The third-order valence-electron chi connectivity index (χ3n) is 4.74. The molecule has 7 nitrogen and oxygen atoms in total. The topological polar surface area (TPSA) is 93.5 Å². The van der Waals surface area contributed by atoms with E-state index in [1.165, 1.54) is 11.3 Å². The number of ether oxygens (including phenoxy) is 1. The Kier molecular flexibility index (Phi) is 4.45. The second-order valence-electron chi connectivity index (χ2n) is 6.77. The van der Waals surface area contributed by atoms with Crippen LogP contribution in [-0.2, 0) is 9.53 Å². The fourth-order valence-electron chi connectivity index (χ4n) is 3.38. The molecule has 0 bridgehead atoms. The Balaban J connectivity index is 1.66. The molecule has 0 spiro atoms. The van der Waals surface area contributed by atoms with Crippen LogP contribution in [0.2, 0.25) is 0 Å². The fourth-order valence-corrected chi connectivity index (χ4v) is 4.46.